The van der Waals surface area contributed by atoms with Crippen molar-refractivity contribution in [3.05, 3.63) is 58.6 Å². The first-order valence-electron chi connectivity index (χ1n) is 10.6. The van der Waals surface area contributed by atoms with E-state index in [0.29, 0.717) is 34.2 Å². The van der Waals surface area contributed by atoms with Gasteiger partial charge in [0.15, 0.2) is 11.8 Å². The van der Waals surface area contributed by atoms with Crippen molar-refractivity contribution in [3.8, 4) is 11.5 Å². The Morgan fingerprint density at radius 3 is 2.61 bits per heavy atom. The van der Waals surface area contributed by atoms with Crippen LogP contribution >= 0.6 is 23.4 Å². The minimum Gasteiger partial charge on any atom is -0.497 e. The van der Waals surface area contributed by atoms with E-state index >= 15 is 0 Å². The first-order chi connectivity index (χ1) is 15.7. The highest BCUT2D eigenvalue weighted by Gasteiger charge is 2.21. The number of benzene rings is 2. The number of carbonyl (C=O) groups excluding carboxylic acids is 1. The second-order valence-electron chi connectivity index (χ2n) is 8.38. The van der Waals surface area contributed by atoms with Crippen molar-refractivity contribution in [2.75, 3.05) is 19.0 Å². The summed E-state index contributed by atoms with van der Waals surface area (Å²) in [6, 6.07) is 13.3. The zero-order valence-electron chi connectivity index (χ0n) is 19.5. The van der Waals surface area contributed by atoms with Crippen LogP contribution in [0.25, 0.3) is 0 Å². The molecule has 2 aromatic carbocycles. The van der Waals surface area contributed by atoms with Crippen LogP contribution in [0.4, 0.5) is 5.95 Å². The molecular formula is C24H29ClN4O3S. The second kappa shape index (κ2) is 10.9. The number of nitrogens with one attached hydrogen (secondary N) is 1. The molecular weight excluding hydrogens is 460 g/mol. The van der Waals surface area contributed by atoms with Crippen LogP contribution in [0.2, 0.25) is 5.02 Å². The number of hydrogen-bond acceptors (Lipinski definition) is 6. The number of thioether (sulfide) groups is 1. The molecule has 0 fully saturated rings. The van der Waals surface area contributed by atoms with E-state index in [-0.39, 0.29) is 17.9 Å². The number of methoxy groups -OCH3 is 1. The molecule has 1 heterocycles. The van der Waals surface area contributed by atoms with Crippen molar-refractivity contribution in [2.45, 2.75) is 50.6 Å². The zero-order chi connectivity index (χ0) is 24.0. The van der Waals surface area contributed by atoms with Gasteiger partial charge in [0.05, 0.1) is 7.11 Å². The van der Waals surface area contributed by atoms with Crippen LogP contribution in [0.15, 0.2) is 47.6 Å². The molecule has 1 amide bonds. The quantitative estimate of drug-likeness (QED) is 0.397. The van der Waals surface area contributed by atoms with Gasteiger partial charge >= 0.3 is 0 Å². The summed E-state index contributed by atoms with van der Waals surface area (Å²) in [7, 11) is 1.63. The molecule has 1 N–H and O–H groups in total. The van der Waals surface area contributed by atoms with Crippen molar-refractivity contribution in [3.63, 3.8) is 0 Å². The predicted molar refractivity (Wildman–Crippen MR) is 133 cm³/mol. The Hall–Kier alpha value is -2.71. The number of carbonyl (C=O) groups is 1. The maximum atomic E-state index is 12.6. The number of rotatable bonds is 9. The molecule has 0 unspecified atom stereocenters. The fourth-order valence-electron chi connectivity index (χ4n) is 3.18. The van der Waals surface area contributed by atoms with Crippen LogP contribution in [0.5, 0.6) is 11.5 Å². The van der Waals surface area contributed by atoms with Crippen LogP contribution in [-0.4, -0.2) is 34.4 Å². The molecule has 0 saturated heterocycles. The van der Waals surface area contributed by atoms with Gasteiger partial charge in [0.1, 0.15) is 11.5 Å². The maximum Gasteiger partial charge on any atom is 0.264 e. The third-order valence-corrected chi connectivity index (χ3v) is 6.34. The van der Waals surface area contributed by atoms with E-state index in [1.807, 2.05) is 54.0 Å². The van der Waals surface area contributed by atoms with Gasteiger partial charge in [-0.15, -0.1) is 10.2 Å². The highest BCUT2D eigenvalue weighted by molar-refractivity contribution is 7.98. The number of anilines is 1. The normalized spacial score (nSPS) is 11.3. The molecule has 0 radical (unpaired) electrons. The SMILES string of the molecule is CCn1c(NC(=O)COc2ccc(OC)cc2C(C)(C)C)nnc1SCc1ccccc1Cl. The van der Waals surface area contributed by atoms with Crippen molar-refractivity contribution >= 4 is 35.2 Å². The molecule has 1 aromatic heterocycles. The smallest absolute Gasteiger partial charge is 0.264 e. The van der Waals surface area contributed by atoms with Gasteiger partial charge in [0, 0.05) is 22.9 Å². The van der Waals surface area contributed by atoms with Gasteiger partial charge < -0.3 is 9.47 Å². The van der Waals surface area contributed by atoms with Gasteiger partial charge in [0.25, 0.3) is 5.91 Å². The average Bonchev–Trinajstić information content (AvgIpc) is 3.17. The van der Waals surface area contributed by atoms with Gasteiger partial charge in [-0.1, -0.05) is 62.3 Å². The van der Waals surface area contributed by atoms with Gasteiger partial charge in [0.2, 0.25) is 5.95 Å². The van der Waals surface area contributed by atoms with E-state index in [1.54, 1.807) is 7.11 Å². The number of nitrogens with zero attached hydrogens (tertiary/aromatic N) is 3. The molecule has 0 aliphatic carbocycles. The number of aromatic nitrogens is 3. The summed E-state index contributed by atoms with van der Waals surface area (Å²) >= 11 is 7.76. The van der Waals surface area contributed by atoms with Crippen LogP contribution < -0.4 is 14.8 Å². The molecule has 33 heavy (non-hydrogen) atoms. The topological polar surface area (TPSA) is 78.3 Å². The molecule has 3 aromatic rings. The summed E-state index contributed by atoms with van der Waals surface area (Å²) < 4.78 is 13.0. The monoisotopic (exact) mass is 488 g/mol. The van der Waals surface area contributed by atoms with Crippen LogP contribution in [0, 0.1) is 0 Å². The number of amides is 1. The largest absolute Gasteiger partial charge is 0.497 e. The summed E-state index contributed by atoms with van der Waals surface area (Å²) in [6.07, 6.45) is 0. The lowest BCUT2D eigenvalue weighted by molar-refractivity contribution is -0.118. The standard InChI is InChI=1S/C24H29ClN4O3S/c1-6-29-22(27-28-23(29)33-15-16-9-7-8-10-19(16)25)26-21(30)14-32-20-12-11-17(31-5)13-18(20)24(2,3)4/h7-13H,6,14-15H2,1-5H3,(H,26,27,30). The molecule has 0 bridgehead atoms. The number of hydrogen-bond donors (Lipinski definition) is 1. The Balaban J connectivity index is 1.65. The Morgan fingerprint density at radius 2 is 1.94 bits per heavy atom. The fraction of sp³-hybridized carbons (Fsp3) is 0.375. The van der Waals surface area contributed by atoms with Gasteiger partial charge in [-0.25, -0.2) is 0 Å². The first-order valence-corrected chi connectivity index (χ1v) is 12.0. The molecule has 9 heteroatoms. The van der Waals surface area contributed by atoms with Crippen molar-refractivity contribution in [1.82, 2.24) is 14.8 Å². The Labute approximate surface area is 203 Å². The number of halogens is 1. The predicted octanol–water partition coefficient (Wildman–Crippen LogP) is 5.57. The Bertz CT molecular complexity index is 1110. The van der Waals surface area contributed by atoms with Crippen molar-refractivity contribution in [2.24, 2.45) is 0 Å². The lowest BCUT2D eigenvalue weighted by Crippen LogP contribution is -2.23. The van der Waals surface area contributed by atoms with Crippen molar-refractivity contribution in [1.29, 1.82) is 0 Å². The summed E-state index contributed by atoms with van der Waals surface area (Å²) in [5.74, 6) is 2.12. The fourth-order valence-corrected chi connectivity index (χ4v) is 4.47. The molecule has 0 aliphatic heterocycles. The van der Waals surface area contributed by atoms with Gasteiger partial charge in [-0.2, -0.15) is 0 Å². The van der Waals surface area contributed by atoms with Crippen LogP contribution in [0.1, 0.15) is 38.8 Å². The summed E-state index contributed by atoms with van der Waals surface area (Å²) in [5.41, 5.74) is 1.81. The average molecular weight is 489 g/mol. The van der Waals surface area contributed by atoms with E-state index < -0.39 is 0 Å². The lowest BCUT2D eigenvalue weighted by Gasteiger charge is -2.23. The summed E-state index contributed by atoms with van der Waals surface area (Å²) in [5, 5.41) is 12.6. The molecule has 0 spiro atoms. The Kier molecular flexibility index (Phi) is 8.26. The minimum absolute atomic E-state index is 0.145. The second-order valence-corrected chi connectivity index (χ2v) is 9.73. The summed E-state index contributed by atoms with van der Waals surface area (Å²) in [6.45, 7) is 8.69. The van der Waals surface area contributed by atoms with Crippen LogP contribution in [0.3, 0.4) is 0 Å². The first kappa shape index (κ1) is 24.9. The van der Waals surface area contributed by atoms with Gasteiger partial charge in [-0.3, -0.25) is 14.7 Å². The van der Waals surface area contributed by atoms with Gasteiger partial charge in [-0.05, 0) is 42.2 Å². The molecule has 0 atom stereocenters. The van der Waals surface area contributed by atoms with Crippen LogP contribution in [-0.2, 0) is 22.5 Å². The molecule has 176 valence electrons. The molecule has 0 saturated carbocycles. The number of ether oxygens (including phenoxy) is 2. The Morgan fingerprint density at radius 1 is 1.18 bits per heavy atom. The van der Waals surface area contributed by atoms with E-state index in [0.717, 1.165) is 16.9 Å². The molecule has 0 aliphatic rings. The molecule has 3 rings (SSSR count). The third-order valence-electron chi connectivity index (χ3n) is 4.95. The van der Waals surface area contributed by atoms with E-state index in [9.17, 15) is 4.79 Å². The van der Waals surface area contributed by atoms with E-state index in [2.05, 4.69) is 36.3 Å². The minimum atomic E-state index is -0.310. The van der Waals surface area contributed by atoms with E-state index in [1.165, 1.54) is 11.8 Å². The third kappa shape index (κ3) is 6.42. The highest BCUT2D eigenvalue weighted by atomic mass is 35.5. The summed E-state index contributed by atoms with van der Waals surface area (Å²) in [4.78, 5) is 12.6. The lowest BCUT2D eigenvalue weighted by atomic mass is 9.86. The van der Waals surface area contributed by atoms with E-state index in [4.69, 9.17) is 21.1 Å². The maximum absolute atomic E-state index is 12.6. The zero-order valence-corrected chi connectivity index (χ0v) is 21.1. The van der Waals surface area contributed by atoms with Crippen molar-refractivity contribution < 1.29 is 14.3 Å². The highest BCUT2D eigenvalue weighted by Crippen LogP contribution is 2.34. The molecule has 7 nitrogen and oxygen atoms in total.